The highest BCUT2D eigenvalue weighted by Gasteiger charge is 2.41. The van der Waals surface area contributed by atoms with Crippen LogP contribution in [0.4, 0.5) is 0 Å². The summed E-state index contributed by atoms with van der Waals surface area (Å²) >= 11 is 0. The maximum Gasteiger partial charge on any atom is 0.324 e. The fourth-order valence-electron chi connectivity index (χ4n) is 11.0. The second-order valence-electron chi connectivity index (χ2n) is 20.6. The number of pyridine rings is 1. The quantitative estimate of drug-likeness (QED) is 0.146. The number of cyclic esters (lactones) is 1. The van der Waals surface area contributed by atoms with Gasteiger partial charge in [-0.2, -0.15) is 0 Å². The summed E-state index contributed by atoms with van der Waals surface area (Å²) < 4.78 is 14.2. The van der Waals surface area contributed by atoms with Crippen molar-refractivity contribution in [3.8, 4) is 28.1 Å². The van der Waals surface area contributed by atoms with Crippen LogP contribution < -0.4 is 16.1 Å². The van der Waals surface area contributed by atoms with E-state index < -0.39 is 47.2 Å². The van der Waals surface area contributed by atoms with E-state index in [0.717, 1.165) is 63.9 Å². The Labute approximate surface area is 405 Å². The van der Waals surface area contributed by atoms with Crippen LogP contribution in [0, 0.1) is 17.3 Å². The van der Waals surface area contributed by atoms with Gasteiger partial charge >= 0.3 is 5.97 Å². The maximum atomic E-state index is 14.8. The molecule has 4 N–H and O–H groups in total. The molecule has 6 bridgehead atoms. The number of carbonyl (C=O) groups excluding carboxylic acids is 5. The highest BCUT2D eigenvalue weighted by molar-refractivity contribution is 5.96. The van der Waals surface area contributed by atoms with Gasteiger partial charge in [-0.15, -0.1) is 0 Å². The molecule has 4 amide bonds. The van der Waals surface area contributed by atoms with Crippen molar-refractivity contribution in [3.63, 3.8) is 0 Å². The van der Waals surface area contributed by atoms with Crippen LogP contribution in [0.25, 0.3) is 33.3 Å². The van der Waals surface area contributed by atoms with Crippen molar-refractivity contribution < 1.29 is 38.6 Å². The smallest absolute Gasteiger partial charge is 0.324 e. The monoisotopic (exact) mass is 947 g/mol. The van der Waals surface area contributed by atoms with Crippen molar-refractivity contribution in [3.05, 3.63) is 71.5 Å². The summed E-state index contributed by atoms with van der Waals surface area (Å²) in [5.74, 6) is -2.49. The molecule has 0 radical (unpaired) electrons. The molecule has 4 aliphatic rings. The Hall–Kier alpha value is -5.84. The average molecular weight is 947 g/mol. The molecular formula is C53H70N8O8. The van der Waals surface area contributed by atoms with Crippen LogP contribution in [-0.4, -0.2) is 130 Å². The van der Waals surface area contributed by atoms with Gasteiger partial charge in [0, 0.05) is 74.8 Å². The Morgan fingerprint density at radius 3 is 2.55 bits per heavy atom. The summed E-state index contributed by atoms with van der Waals surface area (Å²) in [7, 11) is 3.29. The van der Waals surface area contributed by atoms with E-state index in [1.807, 2.05) is 39.0 Å². The van der Waals surface area contributed by atoms with Gasteiger partial charge in [-0.25, -0.2) is 5.43 Å². The molecule has 0 unspecified atom stereocenters. The van der Waals surface area contributed by atoms with Crippen LogP contribution in [0.1, 0.15) is 96.6 Å². The van der Waals surface area contributed by atoms with Gasteiger partial charge in [0.1, 0.15) is 23.9 Å². The van der Waals surface area contributed by atoms with E-state index >= 15 is 0 Å². The highest BCUT2D eigenvalue weighted by atomic mass is 16.5. The molecule has 0 aliphatic carbocycles. The number of hydrogen-bond donors (Lipinski definition) is 4. The van der Waals surface area contributed by atoms with Crippen LogP contribution in [0.2, 0.25) is 0 Å². The van der Waals surface area contributed by atoms with Crippen molar-refractivity contribution in [1.82, 2.24) is 40.4 Å². The van der Waals surface area contributed by atoms with Gasteiger partial charge in [0.05, 0.1) is 36.1 Å². The van der Waals surface area contributed by atoms with Gasteiger partial charge in [0.25, 0.3) is 5.91 Å². The second-order valence-corrected chi connectivity index (χ2v) is 20.6. The first-order valence-electron chi connectivity index (χ1n) is 24.8. The van der Waals surface area contributed by atoms with E-state index in [0.29, 0.717) is 44.3 Å². The molecule has 3 fully saturated rings. The number of benzene rings is 2. The van der Waals surface area contributed by atoms with Gasteiger partial charge in [-0.05, 0) is 123 Å². The number of nitrogens with one attached hydrogen (secondary N) is 3. The molecular weight excluding hydrogens is 877 g/mol. The minimum Gasteiger partial charge on any atom is -0.508 e. The number of carbonyl (C=O) groups is 5. The molecule has 4 aliphatic heterocycles. The van der Waals surface area contributed by atoms with Gasteiger partial charge < -0.3 is 39.6 Å². The van der Waals surface area contributed by atoms with Crippen LogP contribution >= 0.6 is 0 Å². The summed E-state index contributed by atoms with van der Waals surface area (Å²) in [4.78, 5) is 78.8. The number of rotatable bonds is 10. The van der Waals surface area contributed by atoms with Crippen molar-refractivity contribution in [1.29, 1.82) is 0 Å². The number of fused-ring (bicyclic) bond motifs is 6. The third kappa shape index (κ3) is 10.4. The second kappa shape index (κ2) is 20.6. The molecule has 3 saturated heterocycles. The molecule has 0 spiro atoms. The van der Waals surface area contributed by atoms with E-state index in [1.54, 1.807) is 37.4 Å². The molecule has 6 atom stereocenters. The number of aromatic nitrogens is 2. The number of hydrazine groups is 1. The number of ether oxygens (including phenoxy) is 2. The number of phenols is 1. The molecule has 16 nitrogen and oxygen atoms in total. The van der Waals surface area contributed by atoms with Crippen molar-refractivity contribution in [2.75, 3.05) is 46.9 Å². The molecule has 16 heteroatoms. The van der Waals surface area contributed by atoms with Crippen molar-refractivity contribution in [2.45, 2.75) is 123 Å². The van der Waals surface area contributed by atoms with Gasteiger partial charge in [0.15, 0.2) is 0 Å². The first-order valence-corrected chi connectivity index (χ1v) is 24.8. The highest BCUT2D eigenvalue weighted by Crippen LogP contribution is 2.42. The number of phenolic OH excluding ortho intramolecular Hbond substituents is 1. The third-order valence-corrected chi connectivity index (χ3v) is 14.6. The van der Waals surface area contributed by atoms with Crippen molar-refractivity contribution >= 4 is 40.5 Å². The maximum absolute atomic E-state index is 14.8. The lowest BCUT2D eigenvalue weighted by Gasteiger charge is -2.37. The molecule has 2 aromatic heterocycles. The molecule has 69 heavy (non-hydrogen) atoms. The SMILES string of the molecule is CCn1c(-c2cccnc2[C@H](C)OC)c2c3cc(ccc31)-c1cc(O)cc(c1)C[C@H](NC(=O)[C@H](C(C)C)N(C)C(=O)[C@H]1CCN(C(=O)[C@H]3CCCN3)C1)C(=O)N1CCC[C@H](N1)C(=O)OCC(C)(C)C2. The Morgan fingerprint density at radius 2 is 1.83 bits per heavy atom. The number of nitrogens with zero attached hydrogens (tertiary/aromatic N) is 5. The minimum atomic E-state index is -1.16. The topological polar surface area (TPSA) is 188 Å². The van der Waals surface area contributed by atoms with Crippen LogP contribution in [-0.2, 0) is 52.8 Å². The van der Waals surface area contributed by atoms with Crippen LogP contribution in [0.3, 0.4) is 0 Å². The Morgan fingerprint density at radius 1 is 1.03 bits per heavy atom. The summed E-state index contributed by atoms with van der Waals surface area (Å²) in [5.41, 5.74) is 9.58. The van der Waals surface area contributed by atoms with Gasteiger partial charge in [0.2, 0.25) is 17.7 Å². The van der Waals surface area contributed by atoms with E-state index in [-0.39, 0.29) is 61.7 Å². The predicted octanol–water partition coefficient (Wildman–Crippen LogP) is 5.54. The summed E-state index contributed by atoms with van der Waals surface area (Å²) in [6, 6.07) is 12.4. The van der Waals surface area contributed by atoms with E-state index in [1.165, 1.54) is 9.91 Å². The number of likely N-dealkylation sites (tertiary alicyclic amines) is 1. The van der Waals surface area contributed by atoms with Crippen molar-refractivity contribution in [2.24, 2.45) is 17.3 Å². The first-order chi connectivity index (χ1) is 33.0. The molecule has 0 saturated carbocycles. The number of esters is 1. The zero-order chi connectivity index (χ0) is 49.3. The lowest BCUT2D eigenvalue weighted by atomic mass is 9.84. The standard InChI is InChI=1S/C53H70N8O8/c1-9-60-44-17-16-34-27-39(44)40(47(60)38-13-10-20-55-45(38)32(4)68-8)28-53(5,6)30-69-52(67)42-15-12-21-61(57-42)51(66)43(25-33-23-36(34)26-37(62)24-33)56-48(63)46(31(2)3)58(7)49(64)35-18-22-59(29-35)50(65)41-14-11-19-54-41/h10,13,16-17,20,23-24,26-27,31-32,35,41-43,46,54,57,62H,9,11-12,14-15,18-19,21-22,25,28-30H2,1-8H3,(H,56,63)/t32-,35-,41+,42-,43-,46-/m0/s1. The fraction of sp³-hybridized carbons (Fsp3) is 0.547. The zero-order valence-electron chi connectivity index (χ0n) is 41.5. The number of aryl methyl sites for hydroxylation is 1. The predicted molar refractivity (Wildman–Crippen MR) is 262 cm³/mol. The summed E-state index contributed by atoms with van der Waals surface area (Å²) in [5, 5.41) is 20.1. The lowest BCUT2D eigenvalue weighted by Crippen LogP contribution is -2.62. The minimum absolute atomic E-state index is 0.00382. The number of aromatic hydroxyl groups is 1. The number of hydrogen-bond acceptors (Lipinski definition) is 11. The fourth-order valence-corrected chi connectivity index (χ4v) is 11.0. The van der Waals surface area contributed by atoms with Crippen LogP contribution in [0.5, 0.6) is 5.75 Å². The average Bonchev–Trinajstić information content (AvgIpc) is 4.12. The molecule has 8 rings (SSSR count). The van der Waals surface area contributed by atoms with Gasteiger partial charge in [-0.3, -0.25) is 34.0 Å². The molecule has 2 aromatic carbocycles. The summed E-state index contributed by atoms with van der Waals surface area (Å²) in [6.07, 6.45) is 5.20. The Kier molecular flexibility index (Phi) is 14.8. The number of likely N-dealkylation sites (N-methyl/N-ethyl adjacent to an activating group) is 1. The van der Waals surface area contributed by atoms with E-state index in [4.69, 9.17) is 14.5 Å². The number of methoxy groups -OCH3 is 1. The first kappa shape index (κ1) is 49.6. The normalized spacial score (nSPS) is 22.9. The van der Waals surface area contributed by atoms with Crippen LogP contribution in [0.15, 0.2) is 54.7 Å². The zero-order valence-corrected chi connectivity index (χ0v) is 41.5. The van der Waals surface area contributed by atoms with Gasteiger partial charge in [-0.1, -0.05) is 39.8 Å². The van der Waals surface area contributed by atoms with E-state index in [9.17, 15) is 29.1 Å². The molecule has 4 aromatic rings. The lowest BCUT2D eigenvalue weighted by molar-refractivity contribution is -0.155. The molecule has 370 valence electrons. The Bertz CT molecular complexity index is 2580. The molecule has 6 heterocycles. The largest absolute Gasteiger partial charge is 0.508 e. The Balaban J connectivity index is 1.16. The summed E-state index contributed by atoms with van der Waals surface area (Å²) in [6.45, 7) is 14.6. The number of amides is 4. The third-order valence-electron chi connectivity index (χ3n) is 14.6. The van der Waals surface area contributed by atoms with E-state index in [2.05, 4.69) is 59.6 Å².